The van der Waals surface area contributed by atoms with Crippen LogP contribution in [0.1, 0.15) is 11.4 Å². The zero-order chi connectivity index (χ0) is 20.7. The van der Waals surface area contributed by atoms with Crippen LogP contribution in [-0.2, 0) is 17.1 Å². The summed E-state index contributed by atoms with van der Waals surface area (Å²) in [7, 11) is 0. The van der Waals surface area contributed by atoms with Crippen LogP contribution in [0.25, 0.3) is 10.9 Å². The molecule has 0 amide bonds. The summed E-state index contributed by atoms with van der Waals surface area (Å²) >= 11 is 0. The van der Waals surface area contributed by atoms with Crippen molar-refractivity contribution in [1.29, 1.82) is 0 Å². The van der Waals surface area contributed by atoms with Crippen LogP contribution in [0.4, 0.5) is 11.4 Å². The smallest absolute Gasteiger partial charge is 0.575 e. The number of benzene rings is 2. The van der Waals surface area contributed by atoms with E-state index in [9.17, 15) is 0 Å². The molecule has 0 saturated heterocycles. The molecular formula is C24H20FeN6. The van der Waals surface area contributed by atoms with E-state index in [4.69, 9.17) is 0 Å². The Kier molecular flexibility index (Phi) is 10.8. The van der Waals surface area contributed by atoms with E-state index in [1.54, 1.807) is 24.8 Å². The fraction of sp³-hybridized carbons (Fsp3) is 0. The third kappa shape index (κ3) is 9.49. The molecular weight excluding hydrogens is 428 g/mol. The Morgan fingerprint density at radius 2 is 0.903 bits per heavy atom. The summed E-state index contributed by atoms with van der Waals surface area (Å²) in [5.41, 5.74) is 11.3. The molecule has 0 fully saturated rings. The van der Waals surface area contributed by atoms with Crippen LogP contribution in [0.2, 0.25) is 0 Å². The van der Waals surface area contributed by atoms with Crippen molar-refractivity contribution >= 4 is 23.8 Å². The second kappa shape index (κ2) is 14.2. The monoisotopic (exact) mass is 448 g/mol. The largest absolute Gasteiger partial charge is 2.00 e. The molecule has 0 saturated carbocycles. The Labute approximate surface area is 192 Å². The first-order valence-corrected chi connectivity index (χ1v) is 9.30. The van der Waals surface area contributed by atoms with Gasteiger partial charge < -0.3 is 21.1 Å². The summed E-state index contributed by atoms with van der Waals surface area (Å²) in [4.78, 5) is 8.20. The maximum absolute atomic E-state index is 4.10. The number of nitrogens with zero attached hydrogens (tertiary/aromatic N) is 6. The van der Waals surface area contributed by atoms with Crippen molar-refractivity contribution in [3.63, 3.8) is 0 Å². The number of hydrogen-bond acceptors (Lipinski definition) is 4. The molecule has 0 aliphatic rings. The van der Waals surface area contributed by atoms with Crippen LogP contribution >= 0.6 is 0 Å². The average Bonchev–Trinajstić information content (AvgIpc) is 2.82. The topological polar surface area (TPSA) is 78.7 Å². The first kappa shape index (κ1) is 23.5. The summed E-state index contributed by atoms with van der Waals surface area (Å²) in [5.74, 6) is 0. The SMILES string of the molecule is C(=N/[N-]c1ccccc1)/c1ccccn1.C(=N/[N-]c1ccccc1)/c1ccccn1.[Fe+2]. The predicted molar refractivity (Wildman–Crippen MR) is 123 cm³/mol. The van der Waals surface area contributed by atoms with E-state index in [2.05, 4.69) is 31.0 Å². The zero-order valence-corrected chi connectivity index (χ0v) is 17.7. The van der Waals surface area contributed by atoms with Gasteiger partial charge in [-0.2, -0.15) is 0 Å². The van der Waals surface area contributed by atoms with E-state index >= 15 is 0 Å². The van der Waals surface area contributed by atoms with Gasteiger partial charge >= 0.3 is 17.1 Å². The van der Waals surface area contributed by atoms with E-state index in [-0.39, 0.29) is 17.1 Å². The molecule has 4 aromatic rings. The maximum Gasteiger partial charge on any atom is 2.00 e. The van der Waals surface area contributed by atoms with Crippen LogP contribution in [0, 0.1) is 0 Å². The molecule has 0 atom stereocenters. The molecule has 0 N–H and O–H groups in total. The number of hydrogen-bond donors (Lipinski definition) is 0. The van der Waals surface area contributed by atoms with Crippen molar-refractivity contribution in [2.45, 2.75) is 0 Å². The third-order valence-corrected chi connectivity index (χ3v) is 3.61. The van der Waals surface area contributed by atoms with Crippen molar-refractivity contribution in [2.75, 3.05) is 0 Å². The molecule has 2 heterocycles. The maximum atomic E-state index is 4.10. The normalized spacial score (nSPS) is 10.1. The summed E-state index contributed by atoms with van der Waals surface area (Å²) in [6.45, 7) is 0. The standard InChI is InChI=1S/2C12H10N3.Fe/c2*1-2-6-11(7-3-1)15-14-10-12-8-4-5-9-13-12;/h2*1-10H;/q2*-1;+2/b2*14-10-;. The third-order valence-electron chi connectivity index (χ3n) is 3.61. The summed E-state index contributed by atoms with van der Waals surface area (Å²) in [6, 6.07) is 30.5. The van der Waals surface area contributed by atoms with Crippen LogP contribution in [0.3, 0.4) is 0 Å². The summed E-state index contributed by atoms with van der Waals surface area (Å²) in [5, 5.41) is 7.90. The number of aromatic nitrogens is 2. The van der Waals surface area contributed by atoms with Gasteiger partial charge in [-0.15, -0.1) is 11.4 Å². The minimum atomic E-state index is 0. The molecule has 0 radical (unpaired) electrons. The average molecular weight is 448 g/mol. The van der Waals surface area contributed by atoms with E-state index in [1.165, 1.54) is 0 Å². The molecule has 154 valence electrons. The first-order valence-electron chi connectivity index (χ1n) is 9.30. The van der Waals surface area contributed by atoms with Gasteiger partial charge in [0.15, 0.2) is 0 Å². The molecule has 31 heavy (non-hydrogen) atoms. The van der Waals surface area contributed by atoms with Crippen molar-refractivity contribution in [3.8, 4) is 0 Å². The Hall–Kier alpha value is -3.80. The van der Waals surface area contributed by atoms with Crippen molar-refractivity contribution in [1.82, 2.24) is 9.97 Å². The van der Waals surface area contributed by atoms with Crippen LogP contribution in [-0.4, -0.2) is 22.4 Å². The van der Waals surface area contributed by atoms with Gasteiger partial charge in [0.05, 0.1) is 11.4 Å². The minimum Gasteiger partial charge on any atom is -0.575 e. The number of rotatable bonds is 6. The molecule has 0 aliphatic carbocycles. The molecule has 2 aromatic carbocycles. The summed E-state index contributed by atoms with van der Waals surface area (Å²) in [6.07, 6.45) is 6.72. The Morgan fingerprint density at radius 1 is 0.516 bits per heavy atom. The summed E-state index contributed by atoms with van der Waals surface area (Å²) < 4.78 is 0. The van der Waals surface area contributed by atoms with Gasteiger partial charge in [-0.05, 0) is 24.3 Å². The second-order valence-electron chi connectivity index (χ2n) is 5.87. The van der Waals surface area contributed by atoms with Gasteiger partial charge in [0.2, 0.25) is 0 Å². The van der Waals surface area contributed by atoms with Gasteiger partial charge in [0.25, 0.3) is 0 Å². The van der Waals surface area contributed by atoms with Crippen LogP contribution in [0.5, 0.6) is 0 Å². The molecule has 6 nitrogen and oxygen atoms in total. The van der Waals surface area contributed by atoms with Crippen molar-refractivity contribution in [3.05, 3.63) is 132 Å². The molecule has 0 unspecified atom stereocenters. The Balaban J connectivity index is 0.000000213. The molecule has 2 aromatic heterocycles. The van der Waals surface area contributed by atoms with E-state index in [1.807, 2.05) is 97.1 Å². The van der Waals surface area contributed by atoms with Gasteiger partial charge in [-0.3, -0.25) is 9.97 Å². The molecule has 4 rings (SSSR count). The molecule has 0 bridgehead atoms. The van der Waals surface area contributed by atoms with Gasteiger partial charge in [0.1, 0.15) is 0 Å². The predicted octanol–water partition coefficient (Wildman–Crippen LogP) is 6.24. The van der Waals surface area contributed by atoms with Gasteiger partial charge in [-0.1, -0.05) is 72.8 Å². The van der Waals surface area contributed by atoms with E-state index < -0.39 is 0 Å². The first-order chi connectivity index (χ1) is 14.9. The van der Waals surface area contributed by atoms with Crippen LogP contribution in [0.15, 0.2) is 120 Å². The quantitative estimate of drug-likeness (QED) is 0.199. The fourth-order valence-electron chi connectivity index (χ4n) is 2.20. The number of pyridine rings is 2. The zero-order valence-electron chi connectivity index (χ0n) is 16.6. The second-order valence-corrected chi connectivity index (χ2v) is 5.87. The van der Waals surface area contributed by atoms with Crippen molar-refractivity contribution in [2.24, 2.45) is 10.2 Å². The Bertz CT molecular complexity index is 940. The van der Waals surface area contributed by atoms with Gasteiger partial charge in [0, 0.05) is 24.8 Å². The fourth-order valence-corrected chi connectivity index (χ4v) is 2.20. The van der Waals surface area contributed by atoms with E-state index in [0.29, 0.717) is 0 Å². The Morgan fingerprint density at radius 3 is 1.26 bits per heavy atom. The molecule has 0 aliphatic heterocycles. The van der Waals surface area contributed by atoms with Gasteiger partial charge in [-0.25, -0.2) is 0 Å². The van der Waals surface area contributed by atoms with E-state index in [0.717, 1.165) is 22.8 Å². The van der Waals surface area contributed by atoms with Crippen molar-refractivity contribution < 1.29 is 17.1 Å². The minimum absolute atomic E-state index is 0. The van der Waals surface area contributed by atoms with Crippen LogP contribution < -0.4 is 0 Å². The molecule has 0 spiro atoms. The molecule has 7 heteroatoms.